The fourth-order valence-corrected chi connectivity index (χ4v) is 1.44. The molecule has 124 valence electrons. The molecule has 1 unspecified atom stereocenters. The highest BCUT2D eigenvalue weighted by Gasteiger charge is 2.25. The van der Waals surface area contributed by atoms with Crippen molar-refractivity contribution in [3.8, 4) is 0 Å². The molecule has 0 N–H and O–H groups in total. The molecule has 1 aromatic rings. The molecule has 2 nitrogen and oxygen atoms in total. The van der Waals surface area contributed by atoms with Gasteiger partial charge in [-0.05, 0) is 38.2 Å². The number of methoxy groups -OCH3 is 1. The van der Waals surface area contributed by atoms with Crippen molar-refractivity contribution in [2.75, 3.05) is 7.11 Å². The van der Waals surface area contributed by atoms with E-state index in [0.717, 1.165) is 6.42 Å². The Morgan fingerprint density at radius 3 is 1.90 bits per heavy atom. The minimum atomic E-state index is -0.311. The van der Waals surface area contributed by atoms with Gasteiger partial charge in [-0.1, -0.05) is 66.0 Å². The van der Waals surface area contributed by atoms with Gasteiger partial charge in [-0.2, -0.15) is 0 Å². The molecule has 1 rings (SSSR count). The van der Waals surface area contributed by atoms with Crippen LogP contribution in [-0.2, 0) is 9.53 Å². The van der Waals surface area contributed by atoms with Crippen LogP contribution < -0.4 is 0 Å². The standard InChI is InChI=1S/C10H14.C7H14O2.2CH4/c1-3-9(2)10-7-5-4-6-8-10;1-5-7(2,3)6(8)9-4;;/h4-9H,3H2,1-2H3;5H2,1-4H3;2*1H4. The first kappa shape index (κ1) is 24.7. The van der Waals surface area contributed by atoms with Crippen molar-refractivity contribution in [3.05, 3.63) is 35.9 Å². The molecule has 0 aliphatic carbocycles. The van der Waals surface area contributed by atoms with E-state index in [0.29, 0.717) is 5.92 Å². The number of hydrogen-bond donors (Lipinski definition) is 0. The summed E-state index contributed by atoms with van der Waals surface area (Å²) in [6.07, 6.45) is 2.05. The Kier molecular flexibility index (Phi) is 14.6. The molecule has 21 heavy (non-hydrogen) atoms. The lowest BCUT2D eigenvalue weighted by Crippen LogP contribution is -2.24. The molecule has 1 aromatic carbocycles. The molecule has 2 heteroatoms. The summed E-state index contributed by atoms with van der Waals surface area (Å²) in [5, 5.41) is 0. The Balaban J connectivity index is -0.000000284. The second-order valence-corrected chi connectivity index (χ2v) is 5.45. The molecule has 0 aromatic heterocycles. The molecular formula is C19H36O2. The number of carbonyl (C=O) groups is 1. The second kappa shape index (κ2) is 12.4. The third-order valence-electron chi connectivity index (χ3n) is 3.60. The van der Waals surface area contributed by atoms with E-state index in [1.807, 2.05) is 20.8 Å². The van der Waals surface area contributed by atoms with E-state index in [9.17, 15) is 4.79 Å². The fourth-order valence-electron chi connectivity index (χ4n) is 1.44. The maximum Gasteiger partial charge on any atom is 0.311 e. The van der Waals surface area contributed by atoms with Crippen molar-refractivity contribution >= 4 is 5.97 Å². The highest BCUT2D eigenvalue weighted by Crippen LogP contribution is 2.20. The second-order valence-electron chi connectivity index (χ2n) is 5.45. The summed E-state index contributed by atoms with van der Waals surface area (Å²) in [4.78, 5) is 10.8. The molecule has 0 saturated carbocycles. The first-order valence-electron chi connectivity index (χ1n) is 7.02. The first-order chi connectivity index (χ1) is 8.88. The van der Waals surface area contributed by atoms with Crippen LogP contribution in [0, 0.1) is 5.41 Å². The van der Waals surface area contributed by atoms with Gasteiger partial charge in [0.1, 0.15) is 0 Å². The van der Waals surface area contributed by atoms with Crippen molar-refractivity contribution in [2.24, 2.45) is 5.41 Å². The Morgan fingerprint density at radius 1 is 1.14 bits per heavy atom. The third-order valence-corrected chi connectivity index (χ3v) is 3.60. The van der Waals surface area contributed by atoms with Gasteiger partial charge >= 0.3 is 5.97 Å². The predicted molar refractivity (Wildman–Crippen MR) is 94.7 cm³/mol. The topological polar surface area (TPSA) is 26.3 Å². The number of esters is 1. The van der Waals surface area contributed by atoms with Crippen molar-refractivity contribution in [3.63, 3.8) is 0 Å². The molecule has 0 heterocycles. The maximum absolute atomic E-state index is 10.8. The summed E-state index contributed by atoms with van der Waals surface area (Å²) in [6, 6.07) is 10.6. The van der Waals surface area contributed by atoms with Gasteiger partial charge in [0.25, 0.3) is 0 Å². The molecule has 0 amide bonds. The molecular weight excluding hydrogens is 260 g/mol. The van der Waals surface area contributed by atoms with E-state index in [2.05, 4.69) is 48.9 Å². The summed E-state index contributed by atoms with van der Waals surface area (Å²) in [5.74, 6) is 0.575. The van der Waals surface area contributed by atoms with Crippen LogP contribution in [0.4, 0.5) is 0 Å². The van der Waals surface area contributed by atoms with Crippen molar-refractivity contribution in [2.45, 2.75) is 68.2 Å². The average molecular weight is 296 g/mol. The van der Waals surface area contributed by atoms with Gasteiger partial charge in [-0.25, -0.2) is 0 Å². The van der Waals surface area contributed by atoms with Gasteiger partial charge in [0.2, 0.25) is 0 Å². The zero-order valence-electron chi connectivity index (χ0n) is 13.2. The Bertz CT molecular complexity index is 355. The highest BCUT2D eigenvalue weighted by atomic mass is 16.5. The third kappa shape index (κ3) is 9.28. The predicted octanol–water partition coefficient (Wildman–Crippen LogP) is 6.07. The summed E-state index contributed by atoms with van der Waals surface area (Å²) in [5.41, 5.74) is 1.14. The van der Waals surface area contributed by atoms with Gasteiger partial charge < -0.3 is 4.74 Å². The van der Waals surface area contributed by atoms with Crippen molar-refractivity contribution < 1.29 is 9.53 Å². The van der Waals surface area contributed by atoms with E-state index < -0.39 is 0 Å². The van der Waals surface area contributed by atoms with E-state index in [-0.39, 0.29) is 26.2 Å². The average Bonchev–Trinajstić information content (AvgIpc) is 2.46. The Morgan fingerprint density at radius 2 is 1.62 bits per heavy atom. The van der Waals surface area contributed by atoms with Crippen LogP contribution >= 0.6 is 0 Å². The molecule has 0 fully saturated rings. The lowest BCUT2D eigenvalue weighted by molar-refractivity contribution is -0.150. The lowest BCUT2D eigenvalue weighted by Gasteiger charge is -2.17. The number of benzene rings is 1. The summed E-state index contributed by atoms with van der Waals surface area (Å²) in [6.45, 7) is 10.2. The number of hydrogen-bond acceptors (Lipinski definition) is 2. The monoisotopic (exact) mass is 296 g/mol. The highest BCUT2D eigenvalue weighted by molar-refractivity contribution is 5.75. The van der Waals surface area contributed by atoms with Gasteiger partial charge in [0.05, 0.1) is 12.5 Å². The lowest BCUT2D eigenvalue weighted by atomic mass is 9.91. The Labute approximate surface area is 132 Å². The van der Waals surface area contributed by atoms with Crippen LogP contribution in [0.5, 0.6) is 0 Å². The van der Waals surface area contributed by atoms with Crippen LogP contribution in [0.25, 0.3) is 0 Å². The molecule has 0 radical (unpaired) electrons. The van der Waals surface area contributed by atoms with Gasteiger partial charge in [-0.15, -0.1) is 0 Å². The zero-order chi connectivity index (χ0) is 14.9. The molecule has 1 atom stereocenters. The number of ether oxygens (including phenoxy) is 1. The molecule has 0 aliphatic heterocycles. The SMILES string of the molecule is C.C.CCC(C)(C)C(=O)OC.CCC(C)c1ccccc1. The van der Waals surface area contributed by atoms with Gasteiger partial charge in [-0.3, -0.25) is 4.79 Å². The van der Waals surface area contributed by atoms with Crippen LogP contribution in [0.3, 0.4) is 0 Å². The summed E-state index contributed by atoms with van der Waals surface area (Å²) < 4.78 is 4.57. The maximum atomic E-state index is 10.8. The van der Waals surface area contributed by atoms with E-state index in [1.54, 1.807) is 0 Å². The fraction of sp³-hybridized carbons (Fsp3) is 0.632. The minimum Gasteiger partial charge on any atom is -0.469 e. The molecule has 0 bridgehead atoms. The molecule has 0 spiro atoms. The van der Waals surface area contributed by atoms with Crippen LogP contribution in [0.15, 0.2) is 30.3 Å². The normalized spacial score (nSPS) is 11.0. The van der Waals surface area contributed by atoms with Crippen LogP contribution in [0.1, 0.15) is 73.8 Å². The number of rotatable bonds is 4. The van der Waals surface area contributed by atoms with E-state index >= 15 is 0 Å². The Hall–Kier alpha value is -1.31. The smallest absolute Gasteiger partial charge is 0.311 e. The largest absolute Gasteiger partial charge is 0.469 e. The van der Waals surface area contributed by atoms with Gasteiger partial charge in [0, 0.05) is 0 Å². The van der Waals surface area contributed by atoms with Gasteiger partial charge in [0.15, 0.2) is 0 Å². The van der Waals surface area contributed by atoms with E-state index in [4.69, 9.17) is 0 Å². The quantitative estimate of drug-likeness (QED) is 0.630. The first-order valence-corrected chi connectivity index (χ1v) is 7.02. The minimum absolute atomic E-state index is 0. The summed E-state index contributed by atoms with van der Waals surface area (Å²) in [7, 11) is 1.42. The zero-order valence-corrected chi connectivity index (χ0v) is 13.2. The molecule has 0 aliphatic rings. The van der Waals surface area contributed by atoms with E-state index in [1.165, 1.54) is 19.1 Å². The summed E-state index contributed by atoms with van der Waals surface area (Å²) >= 11 is 0. The molecule has 0 saturated heterocycles. The van der Waals surface area contributed by atoms with Crippen LogP contribution in [-0.4, -0.2) is 13.1 Å². The van der Waals surface area contributed by atoms with Crippen LogP contribution in [0.2, 0.25) is 0 Å². The van der Waals surface area contributed by atoms with Crippen molar-refractivity contribution in [1.29, 1.82) is 0 Å². The van der Waals surface area contributed by atoms with Crippen molar-refractivity contribution in [1.82, 2.24) is 0 Å². The number of carbonyl (C=O) groups excluding carboxylic acids is 1.